The van der Waals surface area contributed by atoms with E-state index in [9.17, 15) is 8.42 Å². The van der Waals surface area contributed by atoms with Crippen LogP contribution in [-0.2, 0) is 9.05 Å². The van der Waals surface area contributed by atoms with Gasteiger partial charge >= 0.3 is 0 Å². The van der Waals surface area contributed by atoms with Gasteiger partial charge in [-0.05, 0) is 18.2 Å². The molecule has 0 aliphatic rings. The van der Waals surface area contributed by atoms with Crippen molar-refractivity contribution in [3.63, 3.8) is 0 Å². The zero-order chi connectivity index (χ0) is 10.1. The molecule has 0 bridgehead atoms. The summed E-state index contributed by atoms with van der Waals surface area (Å²) in [5, 5.41) is 8.74. The summed E-state index contributed by atoms with van der Waals surface area (Å²) in [5.41, 5.74) is 0.0865. The first kappa shape index (κ1) is 10.3. The molecular formula is C7H3Cl2NO2S. The van der Waals surface area contributed by atoms with Gasteiger partial charge in [-0.1, -0.05) is 11.6 Å². The Morgan fingerprint density at radius 2 is 2.00 bits per heavy atom. The number of nitrogens with zero attached hydrogens (tertiary/aromatic N) is 1. The highest BCUT2D eigenvalue weighted by Crippen LogP contribution is 2.21. The summed E-state index contributed by atoms with van der Waals surface area (Å²) >= 11 is 5.59. The predicted octanol–water partition coefficient (Wildman–Crippen LogP) is 2.14. The van der Waals surface area contributed by atoms with Crippen molar-refractivity contribution >= 4 is 31.3 Å². The molecule has 0 saturated heterocycles. The van der Waals surface area contributed by atoms with Gasteiger partial charge in [0.15, 0.2) is 0 Å². The van der Waals surface area contributed by atoms with Crippen LogP contribution in [-0.4, -0.2) is 8.42 Å². The molecule has 0 saturated carbocycles. The standard InChI is InChI=1S/C7H3Cl2NO2S/c8-7-2-1-6(13(9,11)12)3-5(7)4-10/h1-3H. The number of nitriles is 1. The van der Waals surface area contributed by atoms with E-state index >= 15 is 0 Å². The van der Waals surface area contributed by atoms with Crippen LogP contribution in [0.15, 0.2) is 23.1 Å². The number of hydrogen-bond donors (Lipinski definition) is 0. The zero-order valence-corrected chi connectivity index (χ0v) is 8.49. The van der Waals surface area contributed by atoms with E-state index < -0.39 is 9.05 Å². The molecule has 0 heterocycles. The molecule has 13 heavy (non-hydrogen) atoms. The lowest BCUT2D eigenvalue weighted by Gasteiger charge is -1.97. The van der Waals surface area contributed by atoms with E-state index in [1.165, 1.54) is 12.1 Å². The largest absolute Gasteiger partial charge is 0.261 e. The molecule has 0 radical (unpaired) electrons. The van der Waals surface area contributed by atoms with E-state index in [0.717, 1.165) is 6.07 Å². The van der Waals surface area contributed by atoms with Crippen molar-refractivity contribution in [1.29, 1.82) is 5.26 Å². The molecule has 0 fully saturated rings. The number of rotatable bonds is 1. The highest BCUT2D eigenvalue weighted by atomic mass is 35.7. The topological polar surface area (TPSA) is 57.9 Å². The smallest absolute Gasteiger partial charge is 0.207 e. The maximum Gasteiger partial charge on any atom is 0.261 e. The molecule has 0 unspecified atom stereocenters. The number of hydrogen-bond acceptors (Lipinski definition) is 3. The van der Waals surface area contributed by atoms with Crippen molar-refractivity contribution in [2.45, 2.75) is 4.90 Å². The van der Waals surface area contributed by atoms with Crippen LogP contribution in [0, 0.1) is 11.3 Å². The molecule has 1 aromatic rings. The highest BCUT2D eigenvalue weighted by Gasteiger charge is 2.11. The van der Waals surface area contributed by atoms with Crippen molar-refractivity contribution in [3.8, 4) is 6.07 Å². The van der Waals surface area contributed by atoms with E-state index in [4.69, 9.17) is 27.5 Å². The third-order valence-corrected chi connectivity index (χ3v) is 3.02. The van der Waals surface area contributed by atoms with Crippen LogP contribution < -0.4 is 0 Å². The monoisotopic (exact) mass is 235 g/mol. The van der Waals surface area contributed by atoms with E-state index in [0.29, 0.717) is 0 Å². The maximum atomic E-state index is 10.8. The average Bonchev–Trinajstić information content (AvgIpc) is 2.03. The van der Waals surface area contributed by atoms with Gasteiger partial charge in [-0.25, -0.2) is 8.42 Å². The molecule has 0 aliphatic carbocycles. The summed E-state index contributed by atoms with van der Waals surface area (Å²) in [6, 6.07) is 5.44. The lowest BCUT2D eigenvalue weighted by molar-refractivity contribution is 0.609. The molecule has 0 spiro atoms. The van der Waals surface area contributed by atoms with Crippen molar-refractivity contribution in [2.24, 2.45) is 0 Å². The summed E-state index contributed by atoms with van der Waals surface area (Å²) in [7, 11) is 1.27. The Morgan fingerprint density at radius 3 is 2.46 bits per heavy atom. The zero-order valence-electron chi connectivity index (χ0n) is 6.16. The molecule has 0 atom stereocenters. The average molecular weight is 236 g/mol. The van der Waals surface area contributed by atoms with Crippen molar-refractivity contribution < 1.29 is 8.42 Å². The quantitative estimate of drug-likeness (QED) is 0.702. The predicted molar refractivity (Wildman–Crippen MR) is 49.2 cm³/mol. The Bertz CT molecular complexity index is 476. The van der Waals surface area contributed by atoms with Gasteiger partial charge in [0.1, 0.15) is 6.07 Å². The van der Waals surface area contributed by atoms with Gasteiger partial charge in [-0.15, -0.1) is 0 Å². The fourth-order valence-electron chi connectivity index (χ4n) is 0.742. The summed E-state index contributed by atoms with van der Waals surface area (Å²) in [4.78, 5) is -0.130. The molecular weight excluding hydrogens is 233 g/mol. The minimum atomic E-state index is -3.79. The second-order valence-electron chi connectivity index (χ2n) is 2.19. The Morgan fingerprint density at radius 1 is 1.38 bits per heavy atom. The minimum Gasteiger partial charge on any atom is -0.207 e. The molecule has 0 aliphatic heterocycles. The van der Waals surface area contributed by atoms with Gasteiger partial charge in [0.2, 0.25) is 0 Å². The molecule has 3 nitrogen and oxygen atoms in total. The Balaban J connectivity index is 3.41. The Hall–Kier alpha value is -0.760. The number of halogens is 2. The van der Waals surface area contributed by atoms with Crippen molar-refractivity contribution in [1.82, 2.24) is 0 Å². The molecule has 0 amide bonds. The lowest BCUT2D eigenvalue weighted by Crippen LogP contribution is -1.91. The molecule has 1 aromatic carbocycles. The fraction of sp³-hybridized carbons (Fsp3) is 0. The van der Waals surface area contributed by atoms with Gasteiger partial charge < -0.3 is 0 Å². The molecule has 68 valence electrons. The summed E-state index contributed by atoms with van der Waals surface area (Å²) in [6.45, 7) is 0. The van der Waals surface area contributed by atoms with Gasteiger partial charge in [0.25, 0.3) is 9.05 Å². The Labute approximate surface area is 84.9 Å². The first-order valence-electron chi connectivity index (χ1n) is 3.09. The molecule has 0 aromatic heterocycles. The van der Waals surface area contributed by atoms with Gasteiger partial charge in [0, 0.05) is 10.7 Å². The first-order valence-corrected chi connectivity index (χ1v) is 5.78. The van der Waals surface area contributed by atoms with Gasteiger partial charge in [0.05, 0.1) is 15.5 Å². The van der Waals surface area contributed by atoms with Crippen LogP contribution >= 0.6 is 22.3 Å². The second-order valence-corrected chi connectivity index (χ2v) is 5.16. The summed E-state index contributed by atoms with van der Waals surface area (Å²) in [5.74, 6) is 0. The minimum absolute atomic E-state index is 0.0865. The normalized spacial score (nSPS) is 10.8. The maximum absolute atomic E-state index is 10.8. The SMILES string of the molecule is N#Cc1cc(S(=O)(=O)Cl)ccc1Cl. The first-order chi connectivity index (χ1) is 5.95. The van der Waals surface area contributed by atoms with Crippen LogP contribution in [0.2, 0.25) is 5.02 Å². The van der Waals surface area contributed by atoms with Crippen LogP contribution in [0.1, 0.15) is 5.56 Å². The third kappa shape index (κ3) is 2.34. The summed E-state index contributed by atoms with van der Waals surface area (Å²) < 4.78 is 21.7. The van der Waals surface area contributed by atoms with Crippen molar-refractivity contribution in [2.75, 3.05) is 0 Å². The van der Waals surface area contributed by atoms with Crippen molar-refractivity contribution in [3.05, 3.63) is 28.8 Å². The van der Waals surface area contributed by atoms with Crippen LogP contribution in [0.25, 0.3) is 0 Å². The highest BCUT2D eigenvalue weighted by molar-refractivity contribution is 8.13. The van der Waals surface area contributed by atoms with E-state index in [1.54, 1.807) is 6.07 Å². The molecule has 6 heteroatoms. The van der Waals surface area contributed by atoms with Gasteiger partial charge in [-0.2, -0.15) is 5.26 Å². The molecule has 1 rings (SSSR count). The lowest BCUT2D eigenvalue weighted by atomic mass is 10.2. The van der Waals surface area contributed by atoms with Crippen LogP contribution in [0.5, 0.6) is 0 Å². The third-order valence-electron chi connectivity index (χ3n) is 1.34. The van der Waals surface area contributed by atoms with E-state index in [1.807, 2.05) is 0 Å². The van der Waals surface area contributed by atoms with Crippen LogP contribution in [0.4, 0.5) is 0 Å². The van der Waals surface area contributed by atoms with Crippen LogP contribution in [0.3, 0.4) is 0 Å². The Kier molecular flexibility index (Phi) is 2.81. The summed E-state index contributed by atoms with van der Waals surface area (Å²) in [6.07, 6.45) is 0. The number of benzene rings is 1. The fourth-order valence-corrected chi connectivity index (χ4v) is 1.68. The second kappa shape index (κ2) is 3.54. The van der Waals surface area contributed by atoms with E-state index in [2.05, 4.69) is 0 Å². The van der Waals surface area contributed by atoms with Gasteiger partial charge in [-0.3, -0.25) is 0 Å². The van der Waals surface area contributed by atoms with E-state index in [-0.39, 0.29) is 15.5 Å². The molecule has 0 N–H and O–H groups in total.